The van der Waals surface area contributed by atoms with Crippen LogP contribution in [0.15, 0.2) is 24.3 Å². The first-order chi connectivity index (χ1) is 8.38. The Morgan fingerprint density at radius 1 is 1.33 bits per heavy atom. The van der Waals surface area contributed by atoms with Gasteiger partial charge in [0.1, 0.15) is 11.9 Å². The van der Waals surface area contributed by atoms with Crippen LogP contribution < -0.4 is 4.74 Å². The molecule has 18 heavy (non-hydrogen) atoms. The number of hydrogen-bond donors (Lipinski definition) is 1. The summed E-state index contributed by atoms with van der Waals surface area (Å²) in [4.78, 5) is 11.6. The Morgan fingerprint density at radius 2 is 1.94 bits per heavy atom. The topological polar surface area (TPSA) is 49.8 Å². The van der Waals surface area contributed by atoms with Crippen molar-refractivity contribution in [2.24, 2.45) is 0 Å². The molecule has 4 nitrogen and oxygen atoms in total. The lowest BCUT2D eigenvalue weighted by molar-refractivity contribution is -0.139. The minimum Gasteiger partial charge on any atom is -0.486 e. The van der Waals surface area contributed by atoms with Gasteiger partial charge in [0.15, 0.2) is 0 Å². The van der Waals surface area contributed by atoms with Gasteiger partial charge in [-0.05, 0) is 12.1 Å². The first-order valence-corrected chi connectivity index (χ1v) is 5.18. The number of amides is 1. The molecule has 1 aromatic carbocycles. The van der Waals surface area contributed by atoms with Crippen LogP contribution in [0.5, 0.6) is 5.75 Å². The lowest BCUT2D eigenvalue weighted by atomic mass is 10.1. The lowest BCUT2D eigenvalue weighted by Crippen LogP contribution is -2.55. The van der Waals surface area contributed by atoms with E-state index < -0.39 is 23.9 Å². The van der Waals surface area contributed by atoms with Crippen LogP contribution in [0.25, 0.3) is 0 Å². The smallest absolute Gasteiger partial charge is 0.419 e. The molecule has 2 rings (SSSR count). The largest absolute Gasteiger partial charge is 0.486 e. The molecule has 1 fully saturated rings. The third kappa shape index (κ3) is 2.49. The standard InChI is InChI=1S/C11H10F3NO3/c12-11(13,14)8-3-1-2-4-9(8)18-7-5-15(6-7)10(16)17/h1-4,7H,5-6H2,(H,16,17). The van der Waals surface area contributed by atoms with Crippen LogP contribution in [0, 0.1) is 0 Å². The molecule has 98 valence electrons. The van der Waals surface area contributed by atoms with E-state index in [9.17, 15) is 18.0 Å². The van der Waals surface area contributed by atoms with Crippen molar-refractivity contribution in [2.45, 2.75) is 12.3 Å². The lowest BCUT2D eigenvalue weighted by Gasteiger charge is -2.37. The first-order valence-electron chi connectivity index (χ1n) is 5.18. The molecule has 0 radical (unpaired) electrons. The fourth-order valence-corrected chi connectivity index (χ4v) is 1.65. The number of para-hydroxylation sites is 1. The van der Waals surface area contributed by atoms with Crippen LogP contribution in [0.3, 0.4) is 0 Å². The van der Waals surface area contributed by atoms with Gasteiger partial charge in [-0.3, -0.25) is 0 Å². The minimum absolute atomic E-state index is 0.0848. The van der Waals surface area contributed by atoms with E-state index in [0.717, 1.165) is 11.0 Å². The molecule has 1 aliphatic rings. The Balaban J connectivity index is 2.05. The van der Waals surface area contributed by atoms with E-state index in [2.05, 4.69) is 0 Å². The van der Waals surface area contributed by atoms with Gasteiger partial charge in [-0.2, -0.15) is 13.2 Å². The van der Waals surface area contributed by atoms with Crippen molar-refractivity contribution in [3.8, 4) is 5.75 Å². The highest BCUT2D eigenvalue weighted by atomic mass is 19.4. The summed E-state index contributed by atoms with van der Waals surface area (Å²) in [7, 11) is 0. The number of rotatable bonds is 2. The van der Waals surface area contributed by atoms with Gasteiger partial charge in [0.05, 0.1) is 18.7 Å². The highest BCUT2D eigenvalue weighted by Crippen LogP contribution is 2.36. The minimum atomic E-state index is -4.48. The molecule has 0 saturated carbocycles. The molecule has 1 aromatic rings. The quantitative estimate of drug-likeness (QED) is 0.889. The number of ether oxygens (including phenoxy) is 1. The van der Waals surface area contributed by atoms with E-state index in [-0.39, 0.29) is 18.8 Å². The van der Waals surface area contributed by atoms with Crippen molar-refractivity contribution >= 4 is 6.09 Å². The van der Waals surface area contributed by atoms with Crippen molar-refractivity contribution in [1.82, 2.24) is 4.90 Å². The van der Waals surface area contributed by atoms with Gasteiger partial charge in [0, 0.05) is 0 Å². The number of benzene rings is 1. The predicted molar refractivity (Wildman–Crippen MR) is 55.5 cm³/mol. The molecule has 1 saturated heterocycles. The molecule has 1 aliphatic heterocycles. The van der Waals surface area contributed by atoms with Crippen LogP contribution in [0.2, 0.25) is 0 Å². The Kier molecular flexibility index (Phi) is 3.06. The average molecular weight is 261 g/mol. The molecule has 0 bridgehead atoms. The molecular weight excluding hydrogens is 251 g/mol. The summed E-state index contributed by atoms with van der Waals surface area (Å²) in [6.07, 6.45) is -6.10. The van der Waals surface area contributed by atoms with E-state index >= 15 is 0 Å². The third-order valence-electron chi connectivity index (χ3n) is 2.60. The average Bonchev–Trinajstić information content (AvgIpc) is 2.21. The first kappa shape index (κ1) is 12.5. The Morgan fingerprint density at radius 3 is 2.50 bits per heavy atom. The molecular formula is C11H10F3NO3. The highest BCUT2D eigenvalue weighted by Gasteiger charge is 2.37. The van der Waals surface area contributed by atoms with Crippen LogP contribution in [0.4, 0.5) is 18.0 Å². The summed E-state index contributed by atoms with van der Waals surface area (Å²) in [5.74, 6) is -0.264. The van der Waals surface area contributed by atoms with E-state index in [0.29, 0.717) is 0 Å². The zero-order chi connectivity index (χ0) is 13.3. The van der Waals surface area contributed by atoms with Gasteiger partial charge < -0.3 is 14.7 Å². The van der Waals surface area contributed by atoms with E-state index in [1.54, 1.807) is 0 Å². The third-order valence-corrected chi connectivity index (χ3v) is 2.60. The van der Waals surface area contributed by atoms with Crippen molar-refractivity contribution in [2.75, 3.05) is 13.1 Å². The molecule has 1 amide bonds. The molecule has 7 heteroatoms. The maximum atomic E-state index is 12.6. The van der Waals surface area contributed by atoms with Crippen LogP contribution >= 0.6 is 0 Å². The Hall–Kier alpha value is -1.92. The second-order valence-corrected chi connectivity index (χ2v) is 3.92. The zero-order valence-electron chi connectivity index (χ0n) is 9.15. The molecule has 0 unspecified atom stereocenters. The van der Waals surface area contributed by atoms with Crippen LogP contribution in [-0.2, 0) is 6.18 Å². The maximum absolute atomic E-state index is 12.6. The summed E-state index contributed by atoms with van der Waals surface area (Å²) in [5.41, 5.74) is -0.848. The normalized spacial score (nSPS) is 16.3. The van der Waals surface area contributed by atoms with E-state index in [4.69, 9.17) is 9.84 Å². The van der Waals surface area contributed by atoms with Crippen molar-refractivity contribution in [1.29, 1.82) is 0 Å². The van der Waals surface area contributed by atoms with Gasteiger partial charge >= 0.3 is 12.3 Å². The second-order valence-electron chi connectivity index (χ2n) is 3.92. The van der Waals surface area contributed by atoms with Crippen molar-refractivity contribution in [3.63, 3.8) is 0 Å². The monoisotopic (exact) mass is 261 g/mol. The molecule has 1 N–H and O–H groups in total. The van der Waals surface area contributed by atoms with Crippen LogP contribution in [0.1, 0.15) is 5.56 Å². The number of likely N-dealkylation sites (tertiary alicyclic amines) is 1. The van der Waals surface area contributed by atoms with Gasteiger partial charge in [-0.1, -0.05) is 12.1 Å². The van der Waals surface area contributed by atoms with E-state index in [1.807, 2.05) is 0 Å². The maximum Gasteiger partial charge on any atom is 0.419 e. The number of hydrogen-bond acceptors (Lipinski definition) is 2. The van der Waals surface area contributed by atoms with E-state index in [1.165, 1.54) is 18.2 Å². The molecule has 0 atom stereocenters. The summed E-state index contributed by atoms with van der Waals surface area (Å²) >= 11 is 0. The SMILES string of the molecule is O=C(O)N1CC(Oc2ccccc2C(F)(F)F)C1. The summed E-state index contributed by atoms with van der Waals surface area (Å²) in [5, 5.41) is 8.59. The van der Waals surface area contributed by atoms with Crippen molar-refractivity contribution in [3.05, 3.63) is 29.8 Å². The number of nitrogens with zero attached hydrogens (tertiary/aromatic N) is 1. The zero-order valence-corrected chi connectivity index (χ0v) is 9.15. The Bertz CT molecular complexity index is 455. The number of alkyl halides is 3. The number of halogens is 3. The van der Waals surface area contributed by atoms with Gasteiger partial charge in [0.25, 0.3) is 0 Å². The van der Waals surface area contributed by atoms with Crippen molar-refractivity contribution < 1.29 is 27.8 Å². The predicted octanol–water partition coefficient (Wildman–Crippen LogP) is 2.45. The molecule has 0 spiro atoms. The number of carbonyl (C=O) groups is 1. The molecule has 0 aromatic heterocycles. The van der Waals surface area contributed by atoms with Gasteiger partial charge in [0.2, 0.25) is 0 Å². The summed E-state index contributed by atoms with van der Waals surface area (Å²) in [6, 6.07) is 4.88. The fraction of sp³-hybridized carbons (Fsp3) is 0.364. The summed E-state index contributed by atoms with van der Waals surface area (Å²) in [6.45, 7) is 0.170. The Labute approximate surface area is 101 Å². The molecule has 0 aliphatic carbocycles. The highest BCUT2D eigenvalue weighted by molar-refractivity contribution is 5.66. The van der Waals surface area contributed by atoms with Gasteiger partial charge in [-0.15, -0.1) is 0 Å². The van der Waals surface area contributed by atoms with Crippen LogP contribution in [-0.4, -0.2) is 35.3 Å². The second kappa shape index (κ2) is 4.40. The number of carboxylic acid groups (broad SMARTS) is 1. The van der Waals surface area contributed by atoms with Gasteiger partial charge in [-0.25, -0.2) is 4.79 Å². The fourth-order valence-electron chi connectivity index (χ4n) is 1.65. The molecule has 1 heterocycles. The summed E-state index contributed by atoms with van der Waals surface area (Å²) < 4.78 is 43.1.